The molecule has 0 saturated carbocycles. The summed E-state index contributed by atoms with van der Waals surface area (Å²) in [6, 6.07) is 4.08. The molecule has 2 aromatic rings. The number of aliphatic carboxylic acids is 1. The zero-order valence-electron chi connectivity index (χ0n) is 10.2. The predicted octanol–water partition coefficient (Wildman–Crippen LogP) is -0.182. The molecule has 0 aliphatic carbocycles. The summed E-state index contributed by atoms with van der Waals surface area (Å²) < 4.78 is 1.73. The van der Waals surface area contributed by atoms with Crippen molar-refractivity contribution in [3.63, 3.8) is 0 Å². The highest BCUT2D eigenvalue weighted by atomic mass is 16.4. The zero-order valence-corrected chi connectivity index (χ0v) is 10.2. The van der Waals surface area contributed by atoms with Crippen LogP contribution in [0.1, 0.15) is 16.2 Å². The van der Waals surface area contributed by atoms with Gasteiger partial charge in [-0.3, -0.25) is 4.79 Å². The topological polar surface area (TPSA) is 104 Å². The van der Waals surface area contributed by atoms with Gasteiger partial charge in [-0.05, 0) is 19.1 Å². The number of imidazole rings is 1. The molecule has 2 rings (SSSR count). The Morgan fingerprint density at radius 3 is 2.79 bits per heavy atom. The van der Waals surface area contributed by atoms with Crippen LogP contribution in [-0.2, 0) is 4.79 Å². The van der Waals surface area contributed by atoms with Crippen LogP contribution in [0.15, 0.2) is 24.4 Å². The fourth-order valence-electron chi connectivity index (χ4n) is 1.68. The van der Waals surface area contributed by atoms with Gasteiger partial charge in [0.05, 0.1) is 6.61 Å². The molecule has 0 radical (unpaired) electrons. The van der Waals surface area contributed by atoms with Crippen LogP contribution in [0.2, 0.25) is 0 Å². The lowest BCUT2D eigenvalue weighted by atomic mass is 10.3. The first-order valence-electron chi connectivity index (χ1n) is 5.62. The summed E-state index contributed by atoms with van der Waals surface area (Å²) >= 11 is 0. The van der Waals surface area contributed by atoms with Gasteiger partial charge in [0.15, 0.2) is 6.04 Å². The van der Waals surface area contributed by atoms with Gasteiger partial charge in [-0.25, -0.2) is 9.78 Å². The van der Waals surface area contributed by atoms with Gasteiger partial charge in [-0.1, -0.05) is 6.07 Å². The minimum atomic E-state index is -1.33. The molecule has 0 aliphatic rings. The number of aliphatic hydroxyl groups excluding tert-OH is 1. The van der Waals surface area contributed by atoms with Gasteiger partial charge in [0, 0.05) is 11.9 Å². The Morgan fingerprint density at radius 2 is 2.21 bits per heavy atom. The summed E-state index contributed by atoms with van der Waals surface area (Å²) in [6.07, 6.45) is 1.52. The number of aliphatic hydroxyl groups is 1. The van der Waals surface area contributed by atoms with Crippen molar-refractivity contribution in [2.24, 2.45) is 0 Å². The molecule has 2 aromatic heterocycles. The van der Waals surface area contributed by atoms with Gasteiger partial charge in [-0.2, -0.15) is 0 Å². The molecule has 0 bridgehead atoms. The molecule has 0 saturated heterocycles. The molecule has 2 heterocycles. The molecule has 1 atom stereocenters. The lowest BCUT2D eigenvalue weighted by molar-refractivity contribution is -0.140. The van der Waals surface area contributed by atoms with Crippen LogP contribution < -0.4 is 5.32 Å². The number of aryl methyl sites for hydroxylation is 1. The van der Waals surface area contributed by atoms with Crippen molar-refractivity contribution >= 4 is 17.5 Å². The summed E-state index contributed by atoms with van der Waals surface area (Å²) in [4.78, 5) is 26.7. The first-order valence-corrected chi connectivity index (χ1v) is 5.62. The number of hydrogen-bond donors (Lipinski definition) is 3. The second-order valence-electron chi connectivity index (χ2n) is 4.07. The van der Waals surface area contributed by atoms with Crippen LogP contribution in [-0.4, -0.2) is 44.1 Å². The number of carboxylic acids is 1. The van der Waals surface area contributed by atoms with Crippen molar-refractivity contribution in [3.05, 3.63) is 35.8 Å². The smallest absolute Gasteiger partial charge is 0.328 e. The van der Waals surface area contributed by atoms with E-state index in [1.165, 1.54) is 6.20 Å². The number of nitrogens with zero attached hydrogens (tertiary/aromatic N) is 2. The lowest BCUT2D eigenvalue weighted by Crippen LogP contribution is -2.43. The number of pyridine rings is 1. The summed E-state index contributed by atoms with van der Waals surface area (Å²) in [5, 5.41) is 19.8. The van der Waals surface area contributed by atoms with E-state index in [9.17, 15) is 9.59 Å². The highest BCUT2D eigenvalue weighted by Crippen LogP contribution is 2.08. The maximum Gasteiger partial charge on any atom is 0.328 e. The Labute approximate surface area is 108 Å². The van der Waals surface area contributed by atoms with E-state index >= 15 is 0 Å². The van der Waals surface area contributed by atoms with Crippen molar-refractivity contribution in [1.29, 1.82) is 0 Å². The van der Waals surface area contributed by atoms with E-state index in [1.807, 2.05) is 19.1 Å². The Balaban J connectivity index is 2.27. The number of carbonyl (C=O) groups excluding carboxylic acids is 1. The second kappa shape index (κ2) is 5.07. The average Bonchev–Trinajstić information content (AvgIpc) is 2.80. The SMILES string of the molecule is Cc1cccc2nc(C(=O)N[C@H](CO)C(=O)O)cn12. The van der Waals surface area contributed by atoms with Gasteiger partial charge < -0.3 is 19.9 Å². The molecular weight excluding hydrogens is 250 g/mol. The normalized spacial score (nSPS) is 12.3. The molecule has 1 amide bonds. The number of nitrogens with one attached hydrogen (secondary N) is 1. The second-order valence-corrected chi connectivity index (χ2v) is 4.07. The monoisotopic (exact) mass is 263 g/mol. The summed E-state index contributed by atoms with van der Waals surface area (Å²) in [7, 11) is 0. The number of aromatic nitrogens is 2. The van der Waals surface area contributed by atoms with E-state index in [0.717, 1.165) is 5.69 Å². The van der Waals surface area contributed by atoms with Crippen LogP contribution in [0, 0.1) is 6.92 Å². The molecule has 7 nitrogen and oxygen atoms in total. The minimum Gasteiger partial charge on any atom is -0.480 e. The molecule has 0 unspecified atom stereocenters. The van der Waals surface area contributed by atoms with Crippen LogP contribution in [0.3, 0.4) is 0 Å². The molecule has 0 aromatic carbocycles. The standard InChI is InChI=1S/C12H13N3O4/c1-7-3-2-4-10-13-8(5-15(7)10)11(17)14-9(6-16)12(18)19/h2-5,9,16H,6H2,1H3,(H,14,17)(H,18,19)/t9-/m1/s1. The van der Waals surface area contributed by atoms with E-state index in [0.29, 0.717) is 5.65 Å². The van der Waals surface area contributed by atoms with E-state index < -0.39 is 24.5 Å². The van der Waals surface area contributed by atoms with Crippen molar-refractivity contribution < 1.29 is 19.8 Å². The van der Waals surface area contributed by atoms with Crippen LogP contribution in [0.5, 0.6) is 0 Å². The van der Waals surface area contributed by atoms with Gasteiger partial charge in [0.2, 0.25) is 0 Å². The third-order valence-electron chi connectivity index (χ3n) is 2.71. The Morgan fingerprint density at radius 1 is 1.47 bits per heavy atom. The van der Waals surface area contributed by atoms with Crippen molar-refractivity contribution in [3.8, 4) is 0 Å². The first-order chi connectivity index (χ1) is 9.02. The highest BCUT2D eigenvalue weighted by molar-refractivity contribution is 5.95. The number of fused-ring (bicyclic) bond motifs is 1. The van der Waals surface area contributed by atoms with Crippen LogP contribution in [0.4, 0.5) is 0 Å². The van der Waals surface area contributed by atoms with E-state index in [2.05, 4.69) is 10.3 Å². The van der Waals surface area contributed by atoms with Gasteiger partial charge in [0.1, 0.15) is 11.3 Å². The fourth-order valence-corrected chi connectivity index (χ4v) is 1.68. The zero-order chi connectivity index (χ0) is 14.0. The highest BCUT2D eigenvalue weighted by Gasteiger charge is 2.21. The molecule has 0 spiro atoms. The van der Waals surface area contributed by atoms with E-state index in [-0.39, 0.29) is 5.69 Å². The van der Waals surface area contributed by atoms with Gasteiger partial charge in [0.25, 0.3) is 5.91 Å². The van der Waals surface area contributed by atoms with Crippen LogP contribution in [0.25, 0.3) is 5.65 Å². The number of carbonyl (C=O) groups is 2. The van der Waals surface area contributed by atoms with E-state index in [4.69, 9.17) is 10.2 Å². The molecule has 0 aliphatic heterocycles. The number of rotatable bonds is 4. The van der Waals surface area contributed by atoms with Gasteiger partial charge in [-0.15, -0.1) is 0 Å². The largest absolute Gasteiger partial charge is 0.480 e. The molecule has 0 fully saturated rings. The number of hydrogen-bond acceptors (Lipinski definition) is 4. The maximum absolute atomic E-state index is 11.8. The average molecular weight is 263 g/mol. The summed E-state index contributed by atoms with van der Waals surface area (Å²) in [5.74, 6) is -1.93. The Hall–Kier alpha value is -2.41. The maximum atomic E-state index is 11.8. The van der Waals surface area contributed by atoms with Crippen LogP contribution >= 0.6 is 0 Å². The van der Waals surface area contributed by atoms with Crippen molar-refractivity contribution in [1.82, 2.24) is 14.7 Å². The third-order valence-corrected chi connectivity index (χ3v) is 2.71. The molecule has 7 heteroatoms. The Kier molecular flexibility index (Phi) is 3.48. The minimum absolute atomic E-state index is 0.106. The fraction of sp³-hybridized carbons (Fsp3) is 0.250. The number of carboxylic acid groups (broad SMARTS) is 1. The molecule has 100 valence electrons. The van der Waals surface area contributed by atoms with Crippen molar-refractivity contribution in [2.75, 3.05) is 6.61 Å². The lowest BCUT2D eigenvalue weighted by Gasteiger charge is -2.09. The molecular formula is C12H13N3O4. The summed E-state index contributed by atoms with van der Waals surface area (Å²) in [6.45, 7) is 1.19. The van der Waals surface area contributed by atoms with E-state index in [1.54, 1.807) is 10.5 Å². The summed E-state index contributed by atoms with van der Waals surface area (Å²) in [5.41, 5.74) is 1.61. The first kappa shape index (κ1) is 13.0. The Bertz CT molecular complexity index is 635. The predicted molar refractivity (Wildman–Crippen MR) is 65.9 cm³/mol. The number of amides is 1. The quantitative estimate of drug-likeness (QED) is 0.709. The third kappa shape index (κ3) is 2.55. The van der Waals surface area contributed by atoms with Crippen molar-refractivity contribution in [2.45, 2.75) is 13.0 Å². The molecule has 3 N–H and O–H groups in total. The molecule has 19 heavy (non-hydrogen) atoms. The van der Waals surface area contributed by atoms with Gasteiger partial charge >= 0.3 is 5.97 Å².